The van der Waals surface area contributed by atoms with Gasteiger partial charge in [-0.15, -0.1) is 0 Å². The number of aromatic nitrogens is 4. The minimum Gasteiger partial charge on any atom is -0.457 e. The maximum absolute atomic E-state index is 6.76. The van der Waals surface area contributed by atoms with E-state index in [-0.39, 0.29) is 5.41 Å². The van der Waals surface area contributed by atoms with Crippen LogP contribution >= 0.6 is 0 Å². The number of ether oxygens (including phenoxy) is 1. The first kappa shape index (κ1) is 32.4. The molecule has 0 saturated heterocycles. The number of rotatable bonds is 9. The van der Waals surface area contributed by atoms with Crippen LogP contribution in [0.4, 0.5) is 0 Å². The lowest BCUT2D eigenvalue weighted by Crippen LogP contribution is -2.15. The van der Waals surface area contributed by atoms with Gasteiger partial charge in [0.2, 0.25) is 0 Å². The molecule has 0 spiro atoms. The van der Waals surface area contributed by atoms with Gasteiger partial charge in [0.05, 0.1) is 22.4 Å². The van der Waals surface area contributed by atoms with E-state index >= 15 is 0 Å². The van der Waals surface area contributed by atoms with E-state index in [0.29, 0.717) is 5.92 Å². The lowest BCUT2D eigenvalue weighted by atomic mass is 9.82. The summed E-state index contributed by atoms with van der Waals surface area (Å²) in [6.45, 7) is 17.7. The summed E-state index contributed by atoms with van der Waals surface area (Å²) >= 11 is 0. The molecule has 0 fully saturated rings. The first-order valence-electron chi connectivity index (χ1n) is 17.5. The maximum Gasteiger partial charge on any atom is 0.137 e. The fourth-order valence-corrected chi connectivity index (χ4v) is 7.05. The Bertz CT molecular complexity index is 2310. The number of nitrogens with zero attached hydrogens (tertiary/aromatic N) is 4. The third-order valence-corrected chi connectivity index (χ3v) is 9.96. The van der Waals surface area contributed by atoms with E-state index in [1.807, 2.05) is 12.3 Å². The number of aryl methyl sites for hydroxylation is 2. The van der Waals surface area contributed by atoms with Crippen molar-refractivity contribution in [1.29, 1.82) is 0 Å². The average Bonchev–Trinajstić information content (AvgIpc) is 3.56. The topological polar surface area (TPSA) is 44.9 Å². The third kappa shape index (κ3) is 6.14. The molecule has 0 bridgehead atoms. The van der Waals surface area contributed by atoms with E-state index in [4.69, 9.17) is 14.8 Å². The van der Waals surface area contributed by atoms with Crippen LogP contribution in [-0.4, -0.2) is 19.3 Å². The van der Waals surface area contributed by atoms with Gasteiger partial charge in [0, 0.05) is 40.4 Å². The van der Waals surface area contributed by atoms with E-state index in [1.54, 1.807) is 0 Å². The van der Waals surface area contributed by atoms with Crippen LogP contribution in [0, 0.1) is 26.7 Å². The standard InChI is InChI=1S/C44H46N4O/c1-9-44(7,8)34-15-18-40-39(25-34)38-17-16-36(27-41(38)47(40)42-22-29(4)19-20-45-42)49-37-24-32(21-28(2)3)23-35(26-37)48-31(6)43(30(5)46-48)33-13-11-10-12-14-33/h10-20,22-28H,9,21H2,1-8H3. The number of benzene rings is 4. The summed E-state index contributed by atoms with van der Waals surface area (Å²) in [5.41, 5.74) is 11.5. The van der Waals surface area contributed by atoms with Crippen LogP contribution in [-0.2, 0) is 11.8 Å². The molecule has 0 saturated carbocycles. The highest BCUT2D eigenvalue weighted by Crippen LogP contribution is 2.39. The van der Waals surface area contributed by atoms with Gasteiger partial charge in [-0.2, -0.15) is 5.10 Å². The van der Waals surface area contributed by atoms with Crippen LogP contribution < -0.4 is 4.74 Å². The summed E-state index contributed by atoms with van der Waals surface area (Å²) in [4.78, 5) is 4.82. The van der Waals surface area contributed by atoms with Crippen LogP contribution in [0.2, 0.25) is 0 Å². The van der Waals surface area contributed by atoms with Crippen LogP contribution in [0.25, 0.3) is 44.4 Å². The Morgan fingerprint density at radius 1 is 0.776 bits per heavy atom. The molecule has 0 atom stereocenters. The van der Waals surface area contributed by atoms with Gasteiger partial charge in [-0.1, -0.05) is 71.0 Å². The SMILES string of the molecule is CCC(C)(C)c1ccc2c(c1)c1ccc(Oc3cc(CC(C)C)cc(-n4nc(C)c(-c5ccccc5)c4C)c3)cc1n2-c1cc(C)ccn1. The van der Waals surface area contributed by atoms with Gasteiger partial charge in [0.25, 0.3) is 0 Å². The predicted octanol–water partition coefficient (Wildman–Crippen LogP) is 11.6. The number of fused-ring (bicyclic) bond motifs is 3. The zero-order valence-corrected chi connectivity index (χ0v) is 30.0. The molecule has 5 heteroatoms. The number of hydrogen-bond donors (Lipinski definition) is 0. The van der Waals surface area contributed by atoms with E-state index in [0.717, 1.165) is 58.3 Å². The van der Waals surface area contributed by atoms with Crippen molar-refractivity contribution in [3.8, 4) is 34.1 Å². The molecule has 248 valence electrons. The van der Waals surface area contributed by atoms with E-state index < -0.39 is 0 Å². The smallest absolute Gasteiger partial charge is 0.137 e. The van der Waals surface area contributed by atoms with Crippen LogP contribution in [0.1, 0.15) is 69.1 Å². The van der Waals surface area contributed by atoms with Gasteiger partial charge in [0.1, 0.15) is 17.3 Å². The highest BCUT2D eigenvalue weighted by molar-refractivity contribution is 6.09. The normalized spacial score (nSPS) is 12.0. The van der Waals surface area contributed by atoms with Gasteiger partial charge >= 0.3 is 0 Å². The molecule has 0 unspecified atom stereocenters. The second-order valence-corrected chi connectivity index (χ2v) is 14.5. The molecule has 49 heavy (non-hydrogen) atoms. The largest absolute Gasteiger partial charge is 0.457 e. The van der Waals surface area contributed by atoms with E-state index in [9.17, 15) is 0 Å². The molecule has 3 aromatic heterocycles. The zero-order valence-electron chi connectivity index (χ0n) is 30.0. The first-order valence-corrected chi connectivity index (χ1v) is 17.5. The monoisotopic (exact) mass is 646 g/mol. The maximum atomic E-state index is 6.76. The van der Waals surface area contributed by atoms with Gasteiger partial charge in [-0.3, -0.25) is 4.57 Å². The second kappa shape index (κ2) is 12.7. The lowest BCUT2D eigenvalue weighted by Gasteiger charge is -2.23. The summed E-state index contributed by atoms with van der Waals surface area (Å²) in [7, 11) is 0. The Kier molecular flexibility index (Phi) is 8.40. The Morgan fingerprint density at radius 3 is 2.31 bits per heavy atom. The molecule has 4 aromatic carbocycles. The molecule has 7 aromatic rings. The van der Waals surface area contributed by atoms with Crippen molar-refractivity contribution in [2.45, 2.75) is 73.6 Å². The quantitative estimate of drug-likeness (QED) is 0.157. The Hall–Kier alpha value is -5.16. The molecular formula is C44H46N4O. The van der Waals surface area contributed by atoms with Crippen molar-refractivity contribution >= 4 is 21.8 Å². The summed E-state index contributed by atoms with van der Waals surface area (Å²) in [5, 5.41) is 7.43. The van der Waals surface area contributed by atoms with Crippen molar-refractivity contribution in [3.05, 3.63) is 131 Å². The number of hydrogen-bond acceptors (Lipinski definition) is 3. The Balaban J connectivity index is 1.36. The molecule has 0 aliphatic carbocycles. The van der Waals surface area contributed by atoms with Crippen molar-refractivity contribution in [3.63, 3.8) is 0 Å². The number of pyridine rings is 1. The summed E-state index contributed by atoms with van der Waals surface area (Å²) in [6, 6.07) is 34.6. The second-order valence-electron chi connectivity index (χ2n) is 14.5. The molecule has 0 aliphatic rings. The molecule has 3 heterocycles. The summed E-state index contributed by atoms with van der Waals surface area (Å²) < 4.78 is 11.1. The minimum atomic E-state index is 0.0826. The van der Waals surface area contributed by atoms with Crippen LogP contribution in [0.3, 0.4) is 0 Å². The molecule has 0 radical (unpaired) electrons. The van der Waals surface area contributed by atoms with Crippen LogP contribution in [0.15, 0.2) is 103 Å². The fourth-order valence-electron chi connectivity index (χ4n) is 7.05. The highest BCUT2D eigenvalue weighted by atomic mass is 16.5. The summed E-state index contributed by atoms with van der Waals surface area (Å²) in [6.07, 6.45) is 3.90. The van der Waals surface area contributed by atoms with Gasteiger partial charge in [0.15, 0.2) is 0 Å². The van der Waals surface area contributed by atoms with E-state index in [2.05, 4.69) is 156 Å². The van der Waals surface area contributed by atoms with Gasteiger partial charge in [-0.05, 0) is 116 Å². The van der Waals surface area contributed by atoms with Crippen molar-refractivity contribution in [2.24, 2.45) is 5.92 Å². The van der Waals surface area contributed by atoms with Crippen LogP contribution in [0.5, 0.6) is 11.5 Å². The average molecular weight is 647 g/mol. The van der Waals surface area contributed by atoms with Gasteiger partial charge < -0.3 is 4.74 Å². The predicted molar refractivity (Wildman–Crippen MR) is 204 cm³/mol. The lowest BCUT2D eigenvalue weighted by molar-refractivity contribution is 0.481. The Morgan fingerprint density at radius 2 is 1.57 bits per heavy atom. The molecule has 5 nitrogen and oxygen atoms in total. The molecular weight excluding hydrogens is 601 g/mol. The summed E-state index contributed by atoms with van der Waals surface area (Å²) in [5.74, 6) is 2.98. The fraction of sp³-hybridized carbons (Fsp3) is 0.273. The first-order chi connectivity index (χ1) is 23.5. The zero-order chi connectivity index (χ0) is 34.4. The van der Waals surface area contributed by atoms with E-state index in [1.165, 1.54) is 38.6 Å². The molecule has 0 N–H and O–H groups in total. The van der Waals surface area contributed by atoms with Crippen molar-refractivity contribution < 1.29 is 4.74 Å². The van der Waals surface area contributed by atoms with Crippen molar-refractivity contribution in [2.75, 3.05) is 0 Å². The highest BCUT2D eigenvalue weighted by Gasteiger charge is 2.22. The molecule has 0 amide bonds. The molecule has 7 rings (SSSR count). The van der Waals surface area contributed by atoms with Crippen molar-refractivity contribution in [1.82, 2.24) is 19.3 Å². The minimum absolute atomic E-state index is 0.0826. The molecule has 0 aliphatic heterocycles. The Labute approximate surface area is 290 Å². The van der Waals surface area contributed by atoms with Gasteiger partial charge in [-0.25, -0.2) is 9.67 Å². The third-order valence-electron chi connectivity index (χ3n) is 9.96.